The molecule has 0 unspecified atom stereocenters. The molecule has 8 heavy (non-hydrogen) atoms. The second-order valence-corrected chi connectivity index (χ2v) is 2.27. The Morgan fingerprint density at radius 3 is 2.12 bits per heavy atom. The van der Waals surface area contributed by atoms with Crippen molar-refractivity contribution in [2.24, 2.45) is 0 Å². The van der Waals surface area contributed by atoms with Crippen LogP contribution in [0.1, 0.15) is 13.3 Å². The van der Waals surface area contributed by atoms with Crippen LogP contribution in [0.25, 0.3) is 0 Å². The second kappa shape index (κ2) is 3.84. The number of hydrogen-bond acceptors (Lipinski definition) is 1. The lowest BCUT2D eigenvalue weighted by atomic mass is 10.3. The zero-order valence-electron chi connectivity index (χ0n) is 5.82. The lowest BCUT2D eigenvalue weighted by Gasteiger charge is -2.10. The lowest BCUT2D eigenvalue weighted by Crippen LogP contribution is -2.21. The molecule has 1 atom stereocenters. The molecule has 0 aromatic heterocycles. The summed E-state index contributed by atoms with van der Waals surface area (Å²) in [5.41, 5.74) is 0. The average Bonchev–Trinajstić information content (AvgIpc) is 1.65. The van der Waals surface area contributed by atoms with Gasteiger partial charge in [0.05, 0.1) is 0 Å². The Morgan fingerprint density at radius 2 is 2.00 bits per heavy atom. The SMILES string of the molecule is CC[C@H](F)CN(C)C. The molecule has 0 aromatic rings. The van der Waals surface area contributed by atoms with E-state index in [1.54, 1.807) is 0 Å². The minimum Gasteiger partial charge on any atom is -0.307 e. The standard InChI is InChI=1S/C6H14FN/c1-4-6(7)5-8(2)3/h6H,4-5H2,1-3H3/t6-/m0/s1. The van der Waals surface area contributed by atoms with E-state index in [1.807, 2.05) is 25.9 Å². The molecule has 0 saturated heterocycles. The van der Waals surface area contributed by atoms with Crippen LogP contribution in [0.15, 0.2) is 0 Å². The van der Waals surface area contributed by atoms with Crippen molar-refractivity contribution in [1.29, 1.82) is 0 Å². The summed E-state index contributed by atoms with van der Waals surface area (Å²) >= 11 is 0. The zero-order chi connectivity index (χ0) is 6.57. The van der Waals surface area contributed by atoms with E-state index in [4.69, 9.17) is 0 Å². The van der Waals surface area contributed by atoms with Crippen LogP contribution < -0.4 is 0 Å². The Bertz CT molecular complexity index is 54.5. The number of hydrogen-bond donors (Lipinski definition) is 0. The fourth-order valence-electron chi connectivity index (χ4n) is 0.525. The molecular formula is C6H14FN. The summed E-state index contributed by atoms with van der Waals surface area (Å²) in [7, 11) is 3.75. The molecule has 1 nitrogen and oxygen atoms in total. The smallest absolute Gasteiger partial charge is 0.112 e. The fourth-order valence-corrected chi connectivity index (χ4v) is 0.525. The monoisotopic (exact) mass is 119 g/mol. The Labute approximate surface area is 50.5 Å². The maximum atomic E-state index is 12.3. The predicted octanol–water partition coefficient (Wildman–Crippen LogP) is 1.30. The Balaban J connectivity index is 3.10. The summed E-state index contributed by atoms with van der Waals surface area (Å²) in [5.74, 6) is 0. The van der Waals surface area contributed by atoms with E-state index < -0.39 is 6.17 Å². The third-order valence-corrected chi connectivity index (χ3v) is 1.01. The van der Waals surface area contributed by atoms with E-state index in [0.717, 1.165) is 0 Å². The van der Waals surface area contributed by atoms with Crippen molar-refractivity contribution in [2.45, 2.75) is 19.5 Å². The van der Waals surface area contributed by atoms with E-state index in [9.17, 15) is 4.39 Å². The molecule has 0 rings (SSSR count). The number of halogens is 1. The molecule has 0 spiro atoms. The van der Waals surface area contributed by atoms with Gasteiger partial charge in [-0.3, -0.25) is 0 Å². The van der Waals surface area contributed by atoms with E-state index >= 15 is 0 Å². The highest BCUT2D eigenvalue weighted by molar-refractivity contribution is 4.54. The van der Waals surface area contributed by atoms with E-state index in [2.05, 4.69) is 0 Å². The topological polar surface area (TPSA) is 3.24 Å². The first-order valence-electron chi connectivity index (χ1n) is 2.95. The summed E-state index contributed by atoms with van der Waals surface area (Å²) < 4.78 is 12.3. The first kappa shape index (κ1) is 7.89. The van der Waals surface area contributed by atoms with Gasteiger partial charge in [0.1, 0.15) is 6.17 Å². The third-order valence-electron chi connectivity index (χ3n) is 1.01. The van der Waals surface area contributed by atoms with Crippen LogP contribution in [-0.2, 0) is 0 Å². The van der Waals surface area contributed by atoms with Crippen LogP contribution in [-0.4, -0.2) is 31.7 Å². The minimum atomic E-state index is -0.648. The lowest BCUT2D eigenvalue weighted by molar-refractivity contribution is 0.241. The zero-order valence-corrected chi connectivity index (χ0v) is 5.82. The van der Waals surface area contributed by atoms with Crippen LogP contribution in [0.3, 0.4) is 0 Å². The first-order chi connectivity index (χ1) is 3.66. The van der Waals surface area contributed by atoms with Gasteiger partial charge in [0.25, 0.3) is 0 Å². The molecule has 0 radical (unpaired) electrons. The average molecular weight is 119 g/mol. The molecule has 0 aliphatic carbocycles. The highest BCUT2D eigenvalue weighted by Crippen LogP contribution is 1.96. The van der Waals surface area contributed by atoms with Gasteiger partial charge in [0.15, 0.2) is 0 Å². The van der Waals surface area contributed by atoms with Gasteiger partial charge in [-0.15, -0.1) is 0 Å². The van der Waals surface area contributed by atoms with Crippen LogP contribution in [0.2, 0.25) is 0 Å². The largest absolute Gasteiger partial charge is 0.307 e. The summed E-state index contributed by atoms with van der Waals surface area (Å²) in [5, 5.41) is 0. The van der Waals surface area contributed by atoms with Crippen LogP contribution >= 0.6 is 0 Å². The Hall–Kier alpha value is -0.110. The van der Waals surface area contributed by atoms with E-state index in [-0.39, 0.29) is 0 Å². The van der Waals surface area contributed by atoms with E-state index in [0.29, 0.717) is 13.0 Å². The van der Waals surface area contributed by atoms with Crippen molar-refractivity contribution < 1.29 is 4.39 Å². The molecule has 0 amide bonds. The molecule has 0 heterocycles. The summed E-state index contributed by atoms with van der Waals surface area (Å²) in [6, 6.07) is 0. The second-order valence-electron chi connectivity index (χ2n) is 2.27. The van der Waals surface area contributed by atoms with Gasteiger partial charge in [0.2, 0.25) is 0 Å². The maximum Gasteiger partial charge on any atom is 0.112 e. The maximum absolute atomic E-state index is 12.3. The first-order valence-corrected chi connectivity index (χ1v) is 2.95. The molecule has 0 N–H and O–H groups in total. The van der Waals surface area contributed by atoms with Crippen molar-refractivity contribution in [3.8, 4) is 0 Å². The highest BCUT2D eigenvalue weighted by atomic mass is 19.1. The van der Waals surface area contributed by atoms with Gasteiger partial charge in [0, 0.05) is 6.54 Å². The molecule has 50 valence electrons. The Kier molecular flexibility index (Phi) is 3.79. The molecule has 0 bridgehead atoms. The quantitative estimate of drug-likeness (QED) is 0.541. The summed E-state index contributed by atoms with van der Waals surface area (Å²) in [4.78, 5) is 1.86. The third kappa shape index (κ3) is 4.06. The molecule has 0 saturated carbocycles. The minimum absolute atomic E-state index is 0.552. The molecule has 0 fully saturated rings. The van der Waals surface area contributed by atoms with Crippen LogP contribution in [0.4, 0.5) is 4.39 Å². The van der Waals surface area contributed by atoms with Gasteiger partial charge in [-0.05, 0) is 20.5 Å². The van der Waals surface area contributed by atoms with Gasteiger partial charge in [-0.25, -0.2) is 4.39 Å². The van der Waals surface area contributed by atoms with Crippen LogP contribution in [0, 0.1) is 0 Å². The fraction of sp³-hybridized carbons (Fsp3) is 1.00. The van der Waals surface area contributed by atoms with Crippen molar-refractivity contribution in [1.82, 2.24) is 4.90 Å². The van der Waals surface area contributed by atoms with Gasteiger partial charge in [-0.1, -0.05) is 6.92 Å². The number of rotatable bonds is 3. The van der Waals surface area contributed by atoms with E-state index in [1.165, 1.54) is 0 Å². The number of alkyl halides is 1. The molecular weight excluding hydrogens is 105 g/mol. The van der Waals surface area contributed by atoms with Crippen molar-refractivity contribution >= 4 is 0 Å². The Morgan fingerprint density at radius 1 is 1.50 bits per heavy atom. The van der Waals surface area contributed by atoms with Crippen molar-refractivity contribution in [3.63, 3.8) is 0 Å². The van der Waals surface area contributed by atoms with Crippen LogP contribution in [0.5, 0.6) is 0 Å². The molecule has 2 heteroatoms. The summed E-state index contributed by atoms with van der Waals surface area (Å²) in [6.07, 6.45) is -0.0250. The molecule has 0 aliphatic rings. The number of nitrogens with zero attached hydrogens (tertiary/aromatic N) is 1. The van der Waals surface area contributed by atoms with Crippen molar-refractivity contribution in [2.75, 3.05) is 20.6 Å². The predicted molar refractivity (Wildman–Crippen MR) is 33.7 cm³/mol. The summed E-state index contributed by atoms with van der Waals surface area (Å²) in [6.45, 7) is 2.41. The normalized spacial score (nSPS) is 14.6. The van der Waals surface area contributed by atoms with Crippen molar-refractivity contribution in [3.05, 3.63) is 0 Å². The van der Waals surface area contributed by atoms with Gasteiger partial charge in [-0.2, -0.15) is 0 Å². The molecule has 0 aliphatic heterocycles. The van der Waals surface area contributed by atoms with Gasteiger partial charge < -0.3 is 4.90 Å². The molecule has 0 aromatic carbocycles. The van der Waals surface area contributed by atoms with Gasteiger partial charge >= 0.3 is 0 Å². The highest BCUT2D eigenvalue weighted by Gasteiger charge is 2.02.